The number of benzene rings is 1. The molecule has 0 aliphatic rings. The predicted molar refractivity (Wildman–Crippen MR) is 44.9 cm³/mol. The number of hydrogen-bond donors (Lipinski definition) is 0. The van der Waals surface area contributed by atoms with Crippen LogP contribution in [0.25, 0.3) is 0 Å². The standard InChI is InChI=1S/C8H6BF6/c1-5-4-6(9(13,14)15)2-3-7(5)8(10,11)12/h2-4H,1H3/q-1. The van der Waals surface area contributed by atoms with Crippen molar-refractivity contribution >= 4 is 12.4 Å². The zero-order valence-electron chi connectivity index (χ0n) is 7.58. The summed E-state index contributed by atoms with van der Waals surface area (Å²) in [5, 5.41) is 0. The Balaban J connectivity index is 3.21. The molecule has 0 bridgehead atoms. The third kappa shape index (κ3) is 2.67. The van der Waals surface area contributed by atoms with Crippen LogP contribution in [0.3, 0.4) is 0 Å². The Hall–Kier alpha value is -1.14. The molecule has 0 spiro atoms. The summed E-state index contributed by atoms with van der Waals surface area (Å²) in [6.07, 6.45) is -4.61. The monoisotopic (exact) mass is 227 g/mol. The molecular weight excluding hydrogens is 221 g/mol. The lowest BCUT2D eigenvalue weighted by Gasteiger charge is -2.17. The third-order valence-electron chi connectivity index (χ3n) is 1.93. The van der Waals surface area contributed by atoms with E-state index in [0.717, 1.165) is 6.92 Å². The fourth-order valence-corrected chi connectivity index (χ4v) is 1.21. The molecule has 0 nitrogen and oxygen atoms in total. The number of aryl methyl sites for hydroxylation is 1. The van der Waals surface area contributed by atoms with Crippen LogP contribution in [-0.2, 0) is 6.18 Å². The van der Waals surface area contributed by atoms with E-state index in [-0.39, 0.29) is 0 Å². The first-order valence-corrected chi connectivity index (χ1v) is 4.00. The van der Waals surface area contributed by atoms with Gasteiger partial charge in [0.2, 0.25) is 0 Å². The smallest absolute Gasteiger partial charge is 0.445 e. The maximum atomic E-state index is 12.2. The number of rotatable bonds is 1. The van der Waals surface area contributed by atoms with Crippen molar-refractivity contribution in [3.05, 3.63) is 29.3 Å². The van der Waals surface area contributed by atoms with Gasteiger partial charge in [-0.15, -0.1) is 5.46 Å². The quantitative estimate of drug-likeness (QED) is 0.510. The van der Waals surface area contributed by atoms with E-state index in [0.29, 0.717) is 18.2 Å². The highest BCUT2D eigenvalue weighted by Gasteiger charge is 2.33. The number of hydrogen-bond acceptors (Lipinski definition) is 0. The van der Waals surface area contributed by atoms with Crippen LogP contribution in [0, 0.1) is 6.92 Å². The molecule has 0 aromatic heterocycles. The lowest BCUT2D eigenvalue weighted by Crippen LogP contribution is -2.34. The van der Waals surface area contributed by atoms with E-state index >= 15 is 0 Å². The van der Waals surface area contributed by atoms with Crippen LogP contribution in [0.5, 0.6) is 0 Å². The zero-order valence-corrected chi connectivity index (χ0v) is 7.58. The van der Waals surface area contributed by atoms with Gasteiger partial charge in [-0.3, -0.25) is 0 Å². The lowest BCUT2D eigenvalue weighted by molar-refractivity contribution is -0.138. The van der Waals surface area contributed by atoms with Crippen molar-refractivity contribution < 1.29 is 26.1 Å². The normalized spacial score (nSPS) is 13.0. The molecule has 0 fully saturated rings. The molecule has 0 radical (unpaired) electrons. The van der Waals surface area contributed by atoms with Crippen molar-refractivity contribution in [2.45, 2.75) is 13.1 Å². The molecule has 0 aliphatic heterocycles. The Morgan fingerprint density at radius 1 is 1.07 bits per heavy atom. The van der Waals surface area contributed by atoms with Gasteiger partial charge in [-0.1, -0.05) is 18.2 Å². The van der Waals surface area contributed by atoms with Gasteiger partial charge in [-0.25, -0.2) is 0 Å². The molecule has 7 heteroatoms. The van der Waals surface area contributed by atoms with Crippen LogP contribution in [0.4, 0.5) is 26.1 Å². The Morgan fingerprint density at radius 2 is 1.60 bits per heavy atom. The SMILES string of the molecule is Cc1cc([B-](F)(F)F)ccc1C(F)(F)F. The minimum atomic E-state index is -5.25. The van der Waals surface area contributed by atoms with E-state index in [4.69, 9.17) is 0 Å². The average Bonchev–Trinajstić information content (AvgIpc) is 1.99. The van der Waals surface area contributed by atoms with Gasteiger partial charge in [-0.05, 0) is 12.5 Å². The molecule has 0 saturated heterocycles. The van der Waals surface area contributed by atoms with E-state index in [1.54, 1.807) is 0 Å². The summed E-state index contributed by atoms with van der Waals surface area (Å²) in [4.78, 5) is 0. The van der Waals surface area contributed by atoms with Gasteiger partial charge in [0, 0.05) is 0 Å². The van der Waals surface area contributed by atoms with Crippen molar-refractivity contribution in [1.82, 2.24) is 0 Å². The van der Waals surface area contributed by atoms with E-state index in [1.807, 2.05) is 0 Å². The molecule has 1 aromatic carbocycles. The third-order valence-corrected chi connectivity index (χ3v) is 1.93. The fourth-order valence-electron chi connectivity index (χ4n) is 1.21. The molecule has 1 aromatic rings. The van der Waals surface area contributed by atoms with Gasteiger partial charge in [0.15, 0.2) is 0 Å². The van der Waals surface area contributed by atoms with E-state index in [2.05, 4.69) is 0 Å². The van der Waals surface area contributed by atoms with E-state index in [1.165, 1.54) is 0 Å². The molecule has 0 heterocycles. The molecule has 0 aliphatic carbocycles. The molecule has 0 unspecified atom stereocenters. The summed E-state index contributed by atoms with van der Waals surface area (Å²) >= 11 is 0. The van der Waals surface area contributed by atoms with Crippen molar-refractivity contribution in [1.29, 1.82) is 0 Å². The summed E-state index contributed by atoms with van der Waals surface area (Å²) in [6.45, 7) is -4.24. The van der Waals surface area contributed by atoms with Crippen molar-refractivity contribution in [2.75, 3.05) is 0 Å². The first-order valence-electron chi connectivity index (χ1n) is 4.00. The molecule has 84 valence electrons. The topological polar surface area (TPSA) is 0 Å². The van der Waals surface area contributed by atoms with Gasteiger partial charge in [0.1, 0.15) is 0 Å². The van der Waals surface area contributed by atoms with Gasteiger partial charge in [0.05, 0.1) is 5.56 Å². The molecule has 0 amide bonds. The second kappa shape index (κ2) is 3.46. The maximum Gasteiger partial charge on any atom is 0.509 e. The summed E-state index contributed by atoms with van der Waals surface area (Å²) in [5.41, 5.74) is -2.47. The van der Waals surface area contributed by atoms with Gasteiger partial charge in [0.25, 0.3) is 0 Å². The van der Waals surface area contributed by atoms with Crippen LogP contribution < -0.4 is 5.46 Å². The van der Waals surface area contributed by atoms with Crippen molar-refractivity contribution in [3.8, 4) is 0 Å². The van der Waals surface area contributed by atoms with E-state index < -0.39 is 29.7 Å². The maximum absolute atomic E-state index is 12.2. The Kier molecular flexibility index (Phi) is 2.76. The highest BCUT2D eigenvalue weighted by Crippen LogP contribution is 2.31. The first-order chi connectivity index (χ1) is 6.62. The van der Waals surface area contributed by atoms with Crippen molar-refractivity contribution in [3.63, 3.8) is 0 Å². The summed E-state index contributed by atoms with van der Waals surface area (Å²) in [5.74, 6) is 0. The number of halogens is 6. The summed E-state index contributed by atoms with van der Waals surface area (Å²) in [7, 11) is 0. The molecule has 0 saturated carbocycles. The van der Waals surface area contributed by atoms with Crippen LogP contribution in [0.1, 0.15) is 11.1 Å². The minimum absolute atomic E-state index is 0.417. The van der Waals surface area contributed by atoms with Gasteiger partial charge in [-0.2, -0.15) is 13.2 Å². The Morgan fingerprint density at radius 3 is 1.93 bits per heavy atom. The van der Waals surface area contributed by atoms with Crippen LogP contribution in [-0.4, -0.2) is 6.98 Å². The van der Waals surface area contributed by atoms with Crippen molar-refractivity contribution in [2.24, 2.45) is 0 Å². The van der Waals surface area contributed by atoms with Crippen LogP contribution in [0.15, 0.2) is 18.2 Å². The highest BCUT2D eigenvalue weighted by atomic mass is 19.4. The first kappa shape index (κ1) is 11.9. The molecule has 1 rings (SSSR count). The Labute approximate surface area is 82.0 Å². The Bertz CT molecular complexity index is 364. The van der Waals surface area contributed by atoms with Crippen LogP contribution >= 0.6 is 0 Å². The number of alkyl halides is 3. The summed E-state index contributed by atoms with van der Waals surface area (Å²) in [6, 6.07) is 1.43. The molecule has 0 atom stereocenters. The average molecular weight is 227 g/mol. The largest absolute Gasteiger partial charge is 0.509 e. The predicted octanol–water partition coefficient (Wildman–Crippen LogP) is 3.07. The highest BCUT2D eigenvalue weighted by molar-refractivity contribution is 6.73. The van der Waals surface area contributed by atoms with E-state index in [9.17, 15) is 26.1 Å². The lowest BCUT2D eigenvalue weighted by atomic mass is 9.79. The zero-order chi connectivity index (χ0) is 11.9. The van der Waals surface area contributed by atoms with Gasteiger partial charge >= 0.3 is 13.2 Å². The van der Waals surface area contributed by atoms with Crippen LogP contribution in [0.2, 0.25) is 0 Å². The fraction of sp³-hybridized carbons (Fsp3) is 0.250. The molecular formula is C8H6BF6-. The summed E-state index contributed by atoms with van der Waals surface area (Å²) < 4.78 is 73.1. The minimum Gasteiger partial charge on any atom is -0.445 e. The van der Waals surface area contributed by atoms with Gasteiger partial charge < -0.3 is 12.9 Å². The molecule has 15 heavy (non-hydrogen) atoms. The second-order valence-corrected chi connectivity index (χ2v) is 3.15. The molecule has 0 N–H and O–H groups in total. The second-order valence-electron chi connectivity index (χ2n) is 3.15.